The predicted octanol–water partition coefficient (Wildman–Crippen LogP) is -6.78. The molecule has 0 aromatic carbocycles. The lowest BCUT2D eigenvalue weighted by molar-refractivity contribution is -0.283. The fourth-order valence-corrected chi connectivity index (χ4v) is 6.06. The third kappa shape index (κ3) is 6.45. The van der Waals surface area contributed by atoms with Gasteiger partial charge in [-0.1, -0.05) is 0 Å². The SMILES string of the molecule is NCCCNC1CC(O)C(CN)OC1C1C(N)CC(NC(=O)C2(O)CC2N)C(OC2OCC(O)C(N)C2O)C1O. The summed E-state index contributed by atoms with van der Waals surface area (Å²) >= 11 is 0. The second kappa shape index (κ2) is 13.0. The van der Waals surface area contributed by atoms with E-state index in [1.165, 1.54) is 0 Å². The number of rotatable bonds is 10. The van der Waals surface area contributed by atoms with E-state index in [9.17, 15) is 30.3 Å². The molecule has 2 saturated heterocycles. The molecule has 17 N–H and O–H groups in total. The minimum Gasteiger partial charge on any atom is -0.390 e. The first-order valence-corrected chi connectivity index (χ1v) is 14.0. The number of carbonyl (C=O) groups is 1. The minimum absolute atomic E-state index is 0.0466. The van der Waals surface area contributed by atoms with Crippen molar-refractivity contribution < 1.29 is 44.5 Å². The van der Waals surface area contributed by atoms with Crippen molar-refractivity contribution in [2.24, 2.45) is 34.6 Å². The van der Waals surface area contributed by atoms with E-state index in [0.29, 0.717) is 25.9 Å². The van der Waals surface area contributed by atoms with Crippen LogP contribution >= 0.6 is 0 Å². The molecule has 4 fully saturated rings. The first-order valence-electron chi connectivity index (χ1n) is 14.0. The van der Waals surface area contributed by atoms with E-state index in [-0.39, 0.29) is 26.0 Å². The quantitative estimate of drug-likeness (QED) is 0.107. The molecule has 16 nitrogen and oxygen atoms in total. The summed E-state index contributed by atoms with van der Waals surface area (Å²) in [6.07, 6.45) is -7.52. The topological polar surface area (TPSA) is 300 Å². The monoisotopic (exact) mass is 577 g/mol. The Morgan fingerprint density at radius 3 is 2.35 bits per heavy atom. The smallest absolute Gasteiger partial charge is 0.253 e. The molecule has 0 aromatic heterocycles. The second-order valence-electron chi connectivity index (χ2n) is 11.6. The van der Waals surface area contributed by atoms with Crippen LogP contribution in [0.5, 0.6) is 0 Å². The number of ether oxygens (including phenoxy) is 3. The van der Waals surface area contributed by atoms with Gasteiger partial charge in [0.2, 0.25) is 0 Å². The fourth-order valence-electron chi connectivity index (χ4n) is 6.06. The number of amides is 1. The molecule has 2 aliphatic heterocycles. The molecule has 40 heavy (non-hydrogen) atoms. The summed E-state index contributed by atoms with van der Waals surface area (Å²) in [6, 6.07) is -3.83. The van der Waals surface area contributed by atoms with Crippen LogP contribution < -0.4 is 39.3 Å². The molecule has 4 rings (SSSR count). The normalized spacial score (nSPS) is 49.5. The fraction of sp³-hybridized carbons (Fsp3) is 0.958. The zero-order valence-corrected chi connectivity index (χ0v) is 22.5. The van der Waals surface area contributed by atoms with Gasteiger partial charge in [-0.15, -0.1) is 0 Å². The van der Waals surface area contributed by atoms with Crippen molar-refractivity contribution in [3.63, 3.8) is 0 Å². The molecule has 16 heteroatoms. The van der Waals surface area contributed by atoms with Gasteiger partial charge >= 0.3 is 0 Å². The summed E-state index contributed by atoms with van der Waals surface area (Å²) in [6.45, 7) is 0.831. The van der Waals surface area contributed by atoms with E-state index in [2.05, 4.69) is 10.6 Å². The largest absolute Gasteiger partial charge is 0.390 e. The van der Waals surface area contributed by atoms with Gasteiger partial charge in [-0.2, -0.15) is 0 Å². The van der Waals surface area contributed by atoms with Gasteiger partial charge in [0.25, 0.3) is 5.91 Å². The standard InChI is InChI=1S/C24H47N7O9/c25-2-1-3-30-10-5-12(32)14(7-26)39-20(10)16-9(27)4-11(31-23(36)24(37)6-15(24)28)21(18(16)34)40-22-19(35)17(29)13(33)8-38-22/h9-22,30,32-35,37H,1-8,25-29H2,(H,31,36). The maximum absolute atomic E-state index is 12.9. The Morgan fingerprint density at radius 2 is 1.73 bits per heavy atom. The molecule has 15 atom stereocenters. The van der Waals surface area contributed by atoms with Crippen LogP contribution in [0.1, 0.15) is 25.7 Å². The molecular weight excluding hydrogens is 530 g/mol. The molecule has 232 valence electrons. The van der Waals surface area contributed by atoms with E-state index in [4.69, 9.17) is 42.9 Å². The highest BCUT2D eigenvalue weighted by atomic mass is 16.7. The van der Waals surface area contributed by atoms with Crippen LogP contribution in [0, 0.1) is 5.92 Å². The maximum Gasteiger partial charge on any atom is 0.253 e. The molecule has 0 radical (unpaired) electrons. The van der Waals surface area contributed by atoms with Crippen molar-refractivity contribution >= 4 is 5.91 Å². The van der Waals surface area contributed by atoms with Crippen molar-refractivity contribution in [1.82, 2.24) is 10.6 Å². The number of hydrogen-bond donors (Lipinski definition) is 12. The number of aliphatic hydroxyl groups excluding tert-OH is 4. The second-order valence-corrected chi connectivity index (χ2v) is 11.6. The van der Waals surface area contributed by atoms with E-state index < -0.39 is 96.7 Å². The third-order valence-corrected chi connectivity index (χ3v) is 8.73. The molecule has 4 aliphatic rings. The maximum atomic E-state index is 12.9. The van der Waals surface area contributed by atoms with Gasteiger partial charge in [0.15, 0.2) is 11.9 Å². The van der Waals surface area contributed by atoms with Crippen molar-refractivity contribution in [1.29, 1.82) is 0 Å². The Morgan fingerprint density at radius 1 is 1.02 bits per heavy atom. The van der Waals surface area contributed by atoms with Crippen LogP contribution in [0.25, 0.3) is 0 Å². The summed E-state index contributed by atoms with van der Waals surface area (Å²) in [7, 11) is 0. The van der Waals surface area contributed by atoms with Crippen molar-refractivity contribution in [2.75, 3.05) is 26.2 Å². The highest BCUT2D eigenvalue weighted by molar-refractivity contribution is 5.89. The summed E-state index contributed by atoms with van der Waals surface area (Å²) in [4.78, 5) is 12.9. The highest BCUT2D eigenvalue weighted by Gasteiger charge is 2.59. The van der Waals surface area contributed by atoms with Crippen molar-refractivity contribution in [2.45, 2.75) is 111 Å². The third-order valence-electron chi connectivity index (χ3n) is 8.73. The first-order chi connectivity index (χ1) is 18.9. The molecule has 1 amide bonds. The molecule has 0 aromatic rings. The molecule has 2 saturated carbocycles. The van der Waals surface area contributed by atoms with E-state index >= 15 is 0 Å². The molecule has 0 bridgehead atoms. The van der Waals surface area contributed by atoms with E-state index in [1.54, 1.807) is 0 Å². The molecule has 2 heterocycles. The number of hydrogen-bond acceptors (Lipinski definition) is 15. The zero-order chi connectivity index (χ0) is 29.4. The van der Waals surface area contributed by atoms with Gasteiger partial charge in [0.1, 0.15) is 12.2 Å². The first kappa shape index (κ1) is 31.8. The molecule has 2 aliphatic carbocycles. The number of carbonyl (C=O) groups excluding carboxylic acids is 1. The summed E-state index contributed by atoms with van der Waals surface area (Å²) in [5, 5.41) is 59.4. The Labute approximate surface area is 232 Å². The lowest BCUT2D eigenvalue weighted by Gasteiger charge is -2.51. The van der Waals surface area contributed by atoms with Gasteiger partial charge in [0, 0.05) is 37.0 Å². The van der Waals surface area contributed by atoms with Gasteiger partial charge in [-0.3, -0.25) is 4.79 Å². The Balaban J connectivity index is 1.59. The Kier molecular flexibility index (Phi) is 10.4. The Hall–Kier alpha value is -1.09. The van der Waals surface area contributed by atoms with Gasteiger partial charge < -0.3 is 79.0 Å². The summed E-state index contributed by atoms with van der Waals surface area (Å²) in [5.41, 5.74) is 28.0. The summed E-state index contributed by atoms with van der Waals surface area (Å²) < 4.78 is 17.8. The zero-order valence-electron chi connectivity index (χ0n) is 22.5. The van der Waals surface area contributed by atoms with Crippen LogP contribution in [-0.2, 0) is 19.0 Å². The predicted molar refractivity (Wildman–Crippen MR) is 140 cm³/mol. The minimum atomic E-state index is -1.74. The number of aliphatic hydroxyl groups is 5. The van der Waals surface area contributed by atoms with Gasteiger partial charge in [-0.25, -0.2) is 0 Å². The highest BCUT2D eigenvalue weighted by Crippen LogP contribution is 2.38. The van der Waals surface area contributed by atoms with Gasteiger partial charge in [-0.05, 0) is 32.4 Å². The molecule has 15 unspecified atom stereocenters. The molecular formula is C24H47N7O9. The van der Waals surface area contributed by atoms with Crippen molar-refractivity contribution in [3.8, 4) is 0 Å². The average Bonchev–Trinajstić information content (AvgIpc) is 3.54. The van der Waals surface area contributed by atoms with Crippen LogP contribution in [0.3, 0.4) is 0 Å². The van der Waals surface area contributed by atoms with Crippen LogP contribution in [-0.4, -0.2) is 143 Å². The van der Waals surface area contributed by atoms with Crippen LogP contribution in [0.2, 0.25) is 0 Å². The average molecular weight is 578 g/mol. The van der Waals surface area contributed by atoms with Crippen molar-refractivity contribution in [3.05, 3.63) is 0 Å². The van der Waals surface area contributed by atoms with Crippen LogP contribution in [0.4, 0.5) is 0 Å². The number of nitrogens with two attached hydrogens (primary N) is 5. The lowest BCUT2D eigenvalue weighted by Crippen LogP contribution is -2.70. The van der Waals surface area contributed by atoms with Crippen LogP contribution in [0.15, 0.2) is 0 Å². The lowest BCUT2D eigenvalue weighted by atomic mass is 9.71. The van der Waals surface area contributed by atoms with E-state index in [1.807, 2.05) is 0 Å². The summed E-state index contributed by atoms with van der Waals surface area (Å²) in [5.74, 6) is -1.49. The van der Waals surface area contributed by atoms with E-state index in [0.717, 1.165) is 0 Å². The van der Waals surface area contributed by atoms with Gasteiger partial charge in [0.05, 0.1) is 49.2 Å². The Bertz CT molecular complexity index is 864. The molecule has 0 spiro atoms. The number of nitrogens with one attached hydrogen (secondary N) is 2.